The van der Waals surface area contributed by atoms with Crippen LogP contribution in [0.2, 0.25) is 18.1 Å². The summed E-state index contributed by atoms with van der Waals surface area (Å²) in [5, 5.41) is 0.940. The van der Waals surface area contributed by atoms with Crippen LogP contribution in [0.15, 0.2) is 11.8 Å². The van der Waals surface area contributed by atoms with Gasteiger partial charge in [-0.2, -0.15) is 0 Å². The minimum absolute atomic E-state index is 0.201. The lowest BCUT2D eigenvalue weighted by Crippen LogP contribution is -2.36. The van der Waals surface area contributed by atoms with Gasteiger partial charge in [-0.05, 0) is 12.1 Å². The summed E-state index contributed by atoms with van der Waals surface area (Å²) in [5.41, 5.74) is 0. The maximum absolute atomic E-state index is 11.2. The molecule has 0 saturated heterocycles. The van der Waals surface area contributed by atoms with Crippen LogP contribution in [-0.4, -0.2) is 13.9 Å². The summed E-state index contributed by atoms with van der Waals surface area (Å²) in [5.74, 6) is 0.201. The molecular weight excluding hydrogens is 164 g/mol. The summed E-state index contributed by atoms with van der Waals surface area (Å²) in [7, 11) is -1.43. The number of ketones is 1. The Hall–Kier alpha value is -0.373. The highest BCUT2D eigenvalue weighted by molar-refractivity contribution is 6.90. The lowest BCUT2D eigenvalue weighted by atomic mass is 10.4. The minimum atomic E-state index is -1.43. The van der Waals surface area contributed by atoms with Crippen LogP contribution in [-0.2, 0) is 4.79 Å². The van der Waals surface area contributed by atoms with Crippen LogP contribution in [0.25, 0.3) is 0 Å². The molecule has 0 aromatic rings. The summed E-state index contributed by atoms with van der Waals surface area (Å²) in [6.45, 7) is 12.2. The Bertz CT molecular complexity index is 172. The Morgan fingerprint density at radius 1 is 1.17 bits per heavy atom. The van der Waals surface area contributed by atoms with Crippen molar-refractivity contribution in [1.82, 2.24) is 0 Å². The largest absolute Gasteiger partial charge is 0.295 e. The molecule has 0 N–H and O–H groups in total. The second kappa shape index (κ2) is 4.60. The van der Waals surface area contributed by atoms with E-state index in [0.717, 1.165) is 23.3 Å². The Balaban J connectivity index is 4.71. The van der Waals surface area contributed by atoms with Crippen molar-refractivity contribution in [2.24, 2.45) is 0 Å². The van der Waals surface area contributed by atoms with Crippen molar-refractivity contribution in [3.63, 3.8) is 0 Å². The van der Waals surface area contributed by atoms with Gasteiger partial charge in [0.05, 0.1) is 8.07 Å². The summed E-state index contributed by atoms with van der Waals surface area (Å²) >= 11 is 0. The molecule has 0 bridgehead atoms. The lowest BCUT2D eigenvalue weighted by molar-refractivity contribution is -0.113. The monoisotopic (exact) mass is 184 g/mol. The van der Waals surface area contributed by atoms with E-state index in [4.69, 9.17) is 0 Å². The molecule has 0 spiro atoms. The molecule has 0 saturated carbocycles. The molecule has 0 atom stereocenters. The first kappa shape index (κ1) is 11.6. The second-order valence-electron chi connectivity index (χ2n) is 3.38. The van der Waals surface area contributed by atoms with Gasteiger partial charge in [0.2, 0.25) is 0 Å². The number of allylic oxidation sites excluding steroid dienone is 1. The number of carbonyl (C=O) groups excluding carboxylic acids is 1. The smallest absolute Gasteiger partial charge is 0.151 e. The van der Waals surface area contributed by atoms with E-state index in [-0.39, 0.29) is 5.78 Å². The van der Waals surface area contributed by atoms with Gasteiger partial charge in [-0.25, -0.2) is 0 Å². The van der Waals surface area contributed by atoms with Gasteiger partial charge in [0, 0.05) is 0 Å². The molecule has 0 aromatic heterocycles. The molecule has 0 fully saturated rings. The molecule has 0 unspecified atom stereocenters. The number of Topliss-reactive ketones (excluding diaryl/α,β-unsaturated/α-hetero) is 1. The molecule has 0 amide bonds. The quantitative estimate of drug-likeness (QED) is 0.474. The average molecular weight is 184 g/mol. The van der Waals surface area contributed by atoms with Crippen molar-refractivity contribution in [3.05, 3.63) is 11.8 Å². The van der Waals surface area contributed by atoms with Crippen molar-refractivity contribution in [2.75, 3.05) is 0 Å². The SMILES string of the molecule is C=C(C(C)=O)[Si](CC)(CC)CC. The first-order valence-electron chi connectivity index (χ1n) is 4.74. The van der Waals surface area contributed by atoms with Crippen LogP contribution < -0.4 is 0 Å². The van der Waals surface area contributed by atoms with Crippen molar-refractivity contribution < 1.29 is 4.79 Å². The molecule has 0 aliphatic rings. The fourth-order valence-corrected chi connectivity index (χ4v) is 5.29. The Morgan fingerprint density at radius 3 is 1.58 bits per heavy atom. The molecule has 0 heterocycles. The topological polar surface area (TPSA) is 17.1 Å². The highest BCUT2D eigenvalue weighted by atomic mass is 28.3. The third-order valence-electron chi connectivity index (χ3n) is 3.10. The van der Waals surface area contributed by atoms with Crippen LogP contribution in [0.3, 0.4) is 0 Å². The third kappa shape index (κ3) is 2.06. The highest BCUT2D eigenvalue weighted by Gasteiger charge is 2.32. The van der Waals surface area contributed by atoms with E-state index in [9.17, 15) is 4.79 Å². The van der Waals surface area contributed by atoms with Crippen molar-refractivity contribution in [1.29, 1.82) is 0 Å². The molecule has 70 valence electrons. The van der Waals surface area contributed by atoms with E-state index in [1.54, 1.807) is 6.92 Å². The zero-order valence-corrected chi connectivity index (χ0v) is 9.74. The molecule has 0 rings (SSSR count). The fraction of sp³-hybridized carbons (Fsp3) is 0.700. The van der Waals surface area contributed by atoms with Gasteiger partial charge < -0.3 is 0 Å². The van der Waals surface area contributed by atoms with E-state index in [1.807, 2.05) is 0 Å². The average Bonchev–Trinajstić information content (AvgIpc) is 2.08. The highest BCUT2D eigenvalue weighted by Crippen LogP contribution is 2.27. The van der Waals surface area contributed by atoms with Crippen molar-refractivity contribution in [2.45, 2.75) is 45.8 Å². The zero-order chi connectivity index (χ0) is 9.78. The maximum Gasteiger partial charge on any atom is 0.151 e. The first-order chi connectivity index (χ1) is 5.54. The Morgan fingerprint density at radius 2 is 1.50 bits per heavy atom. The summed E-state index contributed by atoms with van der Waals surface area (Å²) in [6.07, 6.45) is 0. The van der Waals surface area contributed by atoms with Gasteiger partial charge in [0.25, 0.3) is 0 Å². The van der Waals surface area contributed by atoms with Crippen LogP contribution in [0.1, 0.15) is 27.7 Å². The van der Waals surface area contributed by atoms with Gasteiger partial charge in [0.1, 0.15) is 0 Å². The summed E-state index contributed by atoms with van der Waals surface area (Å²) < 4.78 is 0. The van der Waals surface area contributed by atoms with E-state index in [0.29, 0.717) is 0 Å². The van der Waals surface area contributed by atoms with Gasteiger partial charge in [-0.1, -0.05) is 45.5 Å². The Kier molecular flexibility index (Phi) is 4.46. The molecule has 1 nitrogen and oxygen atoms in total. The van der Waals surface area contributed by atoms with Gasteiger partial charge >= 0.3 is 0 Å². The summed E-state index contributed by atoms with van der Waals surface area (Å²) in [6, 6.07) is 3.45. The van der Waals surface area contributed by atoms with E-state index in [1.165, 1.54) is 0 Å². The van der Waals surface area contributed by atoms with Gasteiger partial charge in [-0.15, -0.1) is 0 Å². The van der Waals surface area contributed by atoms with Crippen LogP contribution in [0.5, 0.6) is 0 Å². The van der Waals surface area contributed by atoms with Crippen molar-refractivity contribution >= 4 is 13.9 Å². The standard InChI is InChI=1S/C10H20OSi/c1-6-12(7-2,8-3)10(5)9(4)11/h5-8H2,1-4H3. The second-order valence-corrected chi connectivity index (χ2v) is 8.66. The van der Waals surface area contributed by atoms with Gasteiger partial charge in [-0.3, -0.25) is 4.79 Å². The minimum Gasteiger partial charge on any atom is -0.295 e. The van der Waals surface area contributed by atoms with Crippen LogP contribution >= 0.6 is 0 Å². The predicted octanol–water partition coefficient (Wildman–Crippen LogP) is 3.18. The number of carbonyl (C=O) groups is 1. The van der Waals surface area contributed by atoms with Gasteiger partial charge in [0.15, 0.2) is 5.78 Å². The molecule has 0 radical (unpaired) electrons. The maximum atomic E-state index is 11.2. The van der Waals surface area contributed by atoms with Crippen molar-refractivity contribution in [3.8, 4) is 0 Å². The zero-order valence-electron chi connectivity index (χ0n) is 8.74. The molecular formula is C10H20OSi. The number of hydrogen-bond acceptors (Lipinski definition) is 1. The van der Waals surface area contributed by atoms with E-state index < -0.39 is 8.07 Å². The Labute approximate surface area is 76.9 Å². The number of hydrogen-bond donors (Lipinski definition) is 0. The van der Waals surface area contributed by atoms with Crippen LogP contribution in [0, 0.1) is 0 Å². The molecule has 0 aromatic carbocycles. The third-order valence-corrected chi connectivity index (χ3v) is 8.79. The molecule has 0 aliphatic carbocycles. The lowest BCUT2D eigenvalue weighted by Gasteiger charge is -2.28. The predicted molar refractivity (Wildman–Crippen MR) is 57.0 cm³/mol. The normalized spacial score (nSPS) is 11.3. The number of rotatable bonds is 5. The molecule has 0 aliphatic heterocycles. The first-order valence-corrected chi connectivity index (χ1v) is 7.36. The van der Waals surface area contributed by atoms with E-state index >= 15 is 0 Å². The summed E-state index contributed by atoms with van der Waals surface area (Å²) in [4.78, 5) is 11.2. The van der Waals surface area contributed by atoms with E-state index in [2.05, 4.69) is 27.4 Å². The molecule has 2 heteroatoms. The molecule has 12 heavy (non-hydrogen) atoms. The fourth-order valence-electron chi connectivity index (χ4n) is 1.76. The van der Waals surface area contributed by atoms with Crippen LogP contribution in [0.4, 0.5) is 0 Å².